The Labute approximate surface area is 161 Å². The fraction of sp³-hybridized carbons (Fsp3) is 0.238. The second-order valence-corrected chi connectivity index (χ2v) is 6.34. The molecule has 2 aromatic carbocycles. The fourth-order valence-electron chi connectivity index (χ4n) is 2.98. The third-order valence-corrected chi connectivity index (χ3v) is 4.46. The predicted molar refractivity (Wildman–Crippen MR) is 102 cm³/mol. The molecular formula is C21H21F2N3O2. The Hall–Kier alpha value is -3.22. The number of aryl methyl sites for hydroxylation is 2. The minimum absolute atomic E-state index is 0.0294. The van der Waals surface area contributed by atoms with Crippen LogP contribution in [0, 0.1) is 25.5 Å². The van der Waals surface area contributed by atoms with Crippen LogP contribution in [0.3, 0.4) is 0 Å². The topological polar surface area (TPSA) is 56.2 Å². The first-order chi connectivity index (χ1) is 13.4. The number of carbonyl (C=O) groups is 1. The van der Waals surface area contributed by atoms with Crippen LogP contribution in [0.5, 0.6) is 5.75 Å². The SMILES string of the molecule is CCn1nc(C)c(NC(=O)c2ccccc2COc2ccc(F)cc2F)c1C. The molecule has 3 aromatic rings. The van der Waals surface area contributed by atoms with Gasteiger partial charge < -0.3 is 10.1 Å². The summed E-state index contributed by atoms with van der Waals surface area (Å²) >= 11 is 0. The van der Waals surface area contributed by atoms with Gasteiger partial charge in [-0.2, -0.15) is 5.10 Å². The molecule has 146 valence electrons. The first kappa shape index (κ1) is 19.5. The van der Waals surface area contributed by atoms with E-state index in [-0.39, 0.29) is 18.3 Å². The Morgan fingerprint density at radius 1 is 1.18 bits per heavy atom. The lowest BCUT2D eigenvalue weighted by Gasteiger charge is -2.12. The average molecular weight is 385 g/mol. The number of nitrogens with zero attached hydrogens (tertiary/aromatic N) is 2. The molecule has 3 rings (SSSR count). The lowest BCUT2D eigenvalue weighted by Crippen LogP contribution is -2.16. The number of ether oxygens (including phenoxy) is 1. The minimum Gasteiger partial charge on any atom is -0.486 e. The molecule has 0 aliphatic carbocycles. The van der Waals surface area contributed by atoms with E-state index >= 15 is 0 Å². The number of hydrogen-bond acceptors (Lipinski definition) is 3. The summed E-state index contributed by atoms with van der Waals surface area (Å²) in [6.45, 7) is 6.38. The van der Waals surface area contributed by atoms with Gasteiger partial charge >= 0.3 is 0 Å². The smallest absolute Gasteiger partial charge is 0.256 e. The van der Waals surface area contributed by atoms with Crippen LogP contribution in [-0.2, 0) is 13.2 Å². The zero-order valence-corrected chi connectivity index (χ0v) is 15.9. The van der Waals surface area contributed by atoms with E-state index in [1.54, 1.807) is 24.3 Å². The van der Waals surface area contributed by atoms with Crippen LogP contribution in [0.2, 0.25) is 0 Å². The summed E-state index contributed by atoms with van der Waals surface area (Å²) in [6, 6.07) is 10.0. The lowest BCUT2D eigenvalue weighted by atomic mass is 10.1. The van der Waals surface area contributed by atoms with Gasteiger partial charge in [-0.15, -0.1) is 0 Å². The quantitative estimate of drug-likeness (QED) is 0.673. The van der Waals surface area contributed by atoms with E-state index in [1.807, 2.05) is 25.5 Å². The van der Waals surface area contributed by atoms with Crippen LogP contribution in [0.25, 0.3) is 0 Å². The third-order valence-electron chi connectivity index (χ3n) is 4.46. The van der Waals surface area contributed by atoms with Gasteiger partial charge in [0.15, 0.2) is 11.6 Å². The van der Waals surface area contributed by atoms with E-state index < -0.39 is 11.6 Å². The fourth-order valence-corrected chi connectivity index (χ4v) is 2.98. The Balaban J connectivity index is 1.80. The highest BCUT2D eigenvalue weighted by atomic mass is 19.1. The van der Waals surface area contributed by atoms with Crippen LogP contribution < -0.4 is 10.1 Å². The van der Waals surface area contributed by atoms with Gasteiger partial charge in [0.25, 0.3) is 5.91 Å². The molecule has 5 nitrogen and oxygen atoms in total. The molecule has 0 aliphatic heterocycles. The van der Waals surface area contributed by atoms with Crippen molar-refractivity contribution in [3.63, 3.8) is 0 Å². The van der Waals surface area contributed by atoms with Gasteiger partial charge in [-0.05, 0) is 39.0 Å². The number of rotatable bonds is 6. The Bertz CT molecular complexity index is 1010. The van der Waals surface area contributed by atoms with E-state index in [2.05, 4.69) is 10.4 Å². The second-order valence-electron chi connectivity index (χ2n) is 6.34. The number of amides is 1. The molecule has 0 saturated heterocycles. The van der Waals surface area contributed by atoms with Gasteiger partial charge in [-0.1, -0.05) is 18.2 Å². The van der Waals surface area contributed by atoms with E-state index in [4.69, 9.17) is 4.74 Å². The maximum absolute atomic E-state index is 13.8. The van der Waals surface area contributed by atoms with E-state index in [0.717, 1.165) is 23.5 Å². The first-order valence-electron chi connectivity index (χ1n) is 8.91. The van der Waals surface area contributed by atoms with Crippen molar-refractivity contribution >= 4 is 11.6 Å². The summed E-state index contributed by atoms with van der Waals surface area (Å²) in [5.41, 5.74) is 3.27. The molecule has 0 aliphatic rings. The van der Waals surface area contributed by atoms with Crippen LogP contribution in [-0.4, -0.2) is 15.7 Å². The minimum atomic E-state index is -0.792. The van der Waals surface area contributed by atoms with Crippen molar-refractivity contribution in [1.82, 2.24) is 9.78 Å². The van der Waals surface area contributed by atoms with Crippen LogP contribution in [0.1, 0.15) is 34.2 Å². The third kappa shape index (κ3) is 4.03. The Kier molecular flexibility index (Phi) is 5.73. The highest BCUT2D eigenvalue weighted by Crippen LogP contribution is 2.23. The zero-order valence-electron chi connectivity index (χ0n) is 15.9. The van der Waals surface area contributed by atoms with Gasteiger partial charge in [0.05, 0.1) is 17.1 Å². The maximum atomic E-state index is 13.8. The summed E-state index contributed by atoms with van der Waals surface area (Å²) < 4.78 is 34.1. The summed E-state index contributed by atoms with van der Waals surface area (Å²) in [6.07, 6.45) is 0. The largest absolute Gasteiger partial charge is 0.486 e. The number of halogens is 2. The van der Waals surface area contributed by atoms with Gasteiger partial charge in [0, 0.05) is 23.7 Å². The van der Waals surface area contributed by atoms with Crippen molar-refractivity contribution in [1.29, 1.82) is 0 Å². The zero-order chi connectivity index (χ0) is 20.3. The first-order valence-corrected chi connectivity index (χ1v) is 8.91. The summed E-state index contributed by atoms with van der Waals surface area (Å²) in [4.78, 5) is 12.8. The van der Waals surface area contributed by atoms with Crippen molar-refractivity contribution in [3.8, 4) is 5.75 Å². The number of carbonyl (C=O) groups excluding carboxylic acids is 1. The Morgan fingerprint density at radius 2 is 1.93 bits per heavy atom. The molecule has 1 heterocycles. The number of benzene rings is 2. The summed E-state index contributed by atoms with van der Waals surface area (Å²) in [5, 5.41) is 7.30. The molecule has 0 fully saturated rings. The Morgan fingerprint density at radius 3 is 2.61 bits per heavy atom. The molecule has 1 N–H and O–H groups in total. The summed E-state index contributed by atoms with van der Waals surface area (Å²) in [7, 11) is 0. The van der Waals surface area contributed by atoms with Crippen LogP contribution in [0.15, 0.2) is 42.5 Å². The molecule has 0 radical (unpaired) electrons. The molecule has 0 saturated carbocycles. The molecular weight excluding hydrogens is 364 g/mol. The molecule has 1 aromatic heterocycles. The van der Waals surface area contributed by atoms with Crippen molar-refractivity contribution in [3.05, 3.63) is 76.6 Å². The van der Waals surface area contributed by atoms with E-state index in [0.29, 0.717) is 23.4 Å². The van der Waals surface area contributed by atoms with Crippen molar-refractivity contribution in [2.45, 2.75) is 33.9 Å². The number of anilines is 1. The van der Waals surface area contributed by atoms with E-state index in [9.17, 15) is 13.6 Å². The highest BCUT2D eigenvalue weighted by molar-refractivity contribution is 6.05. The second kappa shape index (κ2) is 8.21. The molecule has 0 unspecified atom stereocenters. The number of hydrogen-bond donors (Lipinski definition) is 1. The van der Waals surface area contributed by atoms with Crippen molar-refractivity contribution in [2.24, 2.45) is 0 Å². The summed E-state index contributed by atoms with van der Waals surface area (Å²) in [5.74, 6) is -1.85. The maximum Gasteiger partial charge on any atom is 0.256 e. The number of aromatic nitrogens is 2. The van der Waals surface area contributed by atoms with Crippen LogP contribution >= 0.6 is 0 Å². The van der Waals surface area contributed by atoms with Crippen molar-refractivity contribution < 1.29 is 18.3 Å². The molecule has 0 spiro atoms. The highest BCUT2D eigenvalue weighted by Gasteiger charge is 2.17. The predicted octanol–water partition coefficient (Wildman–Crippen LogP) is 4.63. The van der Waals surface area contributed by atoms with Gasteiger partial charge in [-0.3, -0.25) is 9.48 Å². The van der Waals surface area contributed by atoms with Crippen LogP contribution in [0.4, 0.5) is 14.5 Å². The average Bonchev–Trinajstić information content (AvgIpc) is 2.95. The molecule has 0 bridgehead atoms. The van der Waals surface area contributed by atoms with E-state index in [1.165, 1.54) is 6.07 Å². The molecule has 1 amide bonds. The van der Waals surface area contributed by atoms with Gasteiger partial charge in [0.1, 0.15) is 12.4 Å². The molecule has 28 heavy (non-hydrogen) atoms. The standard InChI is InChI=1S/C21H21F2N3O2/c1-4-26-14(3)20(13(2)25-26)24-21(27)17-8-6-5-7-15(17)12-28-19-10-9-16(22)11-18(19)23/h5-11H,4,12H2,1-3H3,(H,24,27). The number of nitrogens with one attached hydrogen (secondary N) is 1. The molecule has 0 atom stereocenters. The van der Waals surface area contributed by atoms with Gasteiger partial charge in [0.2, 0.25) is 0 Å². The molecule has 7 heteroatoms. The van der Waals surface area contributed by atoms with Gasteiger partial charge in [-0.25, -0.2) is 8.78 Å². The van der Waals surface area contributed by atoms with Crippen molar-refractivity contribution in [2.75, 3.05) is 5.32 Å². The lowest BCUT2D eigenvalue weighted by molar-refractivity contribution is 0.102. The normalized spacial score (nSPS) is 10.8. The monoisotopic (exact) mass is 385 g/mol.